The van der Waals surface area contributed by atoms with E-state index >= 15 is 0 Å². The third-order valence-corrected chi connectivity index (χ3v) is 8.07. The Labute approximate surface area is 260 Å². The third kappa shape index (κ3) is 15.6. The number of allylic oxidation sites excluding steroid dienone is 5. The summed E-state index contributed by atoms with van der Waals surface area (Å²) in [6, 6.07) is -0.0144. The summed E-state index contributed by atoms with van der Waals surface area (Å²) >= 11 is 3.41. The summed E-state index contributed by atoms with van der Waals surface area (Å²) in [5.41, 5.74) is 2.11. The summed E-state index contributed by atoms with van der Waals surface area (Å²) in [4.78, 5) is 19.2. The molecule has 0 aromatic heterocycles. The third-order valence-electron chi connectivity index (χ3n) is 6.02. The van der Waals surface area contributed by atoms with Gasteiger partial charge in [0.05, 0.1) is 0 Å². The zero-order valence-corrected chi connectivity index (χ0v) is 28.0. The van der Waals surface area contributed by atoms with Crippen molar-refractivity contribution in [3.05, 3.63) is 58.9 Å². The molecule has 0 unspecified atom stereocenters. The molecule has 0 aromatic rings. The Balaban J connectivity index is 3.03. The van der Waals surface area contributed by atoms with Crippen LogP contribution < -0.4 is 5.32 Å². The summed E-state index contributed by atoms with van der Waals surface area (Å²) in [5, 5.41) is 6.76. The molecule has 41 heavy (non-hydrogen) atoms. The summed E-state index contributed by atoms with van der Waals surface area (Å²) in [6.45, 7) is 22.1. The van der Waals surface area contributed by atoms with Gasteiger partial charge in [-0.15, -0.1) is 0 Å². The Bertz CT molecular complexity index is 1080. The van der Waals surface area contributed by atoms with Crippen LogP contribution in [0.25, 0.3) is 0 Å². The van der Waals surface area contributed by atoms with Crippen molar-refractivity contribution in [3.63, 3.8) is 0 Å². The van der Waals surface area contributed by atoms with Crippen LogP contribution >= 0.6 is 23.5 Å². The summed E-state index contributed by atoms with van der Waals surface area (Å²) in [5.74, 6) is 6.89. The SMILES string of the molecule is [B]=C(N[C@@H](CCCCCC#C/C(C)=C\C=C)C1=CSC(/C(=C/C=C)SCC)=NC1)[C@H](CC(C)C)C(=O)OC(C)(C)C. The molecule has 0 aliphatic carbocycles. The van der Waals surface area contributed by atoms with Gasteiger partial charge in [-0.2, -0.15) is 0 Å². The van der Waals surface area contributed by atoms with E-state index < -0.39 is 11.5 Å². The molecule has 0 bridgehead atoms. The van der Waals surface area contributed by atoms with Crippen LogP contribution in [0.3, 0.4) is 0 Å². The number of esters is 1. The molecule has 0 saturated heterocycles. The first-order valence-electron chi connectivity index (χ1n) is 14.7. The molecular weight excluding hydrogens is 543 g/mol. The van der Waals surface area contributed by atoms with Crippen molar-refractivity contribution < 1.29 is 9.53 Å². The number of rotatable bonds is 17. The molecule has 223 valence electrons. The van der Waals surface area contributed by atoms with Crippen LogP contribution in [0.1, 0.15) is 87.0 Å². The second kappa shape index (κ2) is 19.9. The van der Waals surface area contributed by atoms with Gasteiger partial charge in [0.25, 0.3) is 0 Å². The zero-order valence-electron chi connectivity index (χ0n) is 26.3. The second-order valence-corrected chi connectivity index (χ2v) is 13.6. The minimum absolute atomic E-state index is 0.0144. The summed E-state index contributed by atoms with van der Waals surface area (Å²) in [7, 11) is 6.65. The van der Waals surface area contributed by atoms with Crippen LogP contribution in [0, 0.1) is 23.7 Å². The van der Waals surface area contributed by atoms with E-state index in [4.69, 9.17) is 17.2 Å². The number of nitrogens with zero attached hydrogens (tertiary/aromatic N) is 1. The van der Waals surface area contributed by atoms with Crippen LogP contribution in [0.15, 0.2) is 63.9 Å². The molecule has 2 atom stereocenters. The van der Waals surface area contributed by atoms with Gasteiger partial charge in [0.2, 0.25) is 0 Å². The Hall–Kier alpha value is -2.17. The summed E-state index contributed by atoms with van der Waals surface area (Å²) < 4.78 is 5.74. The van der Waals surface area contributed by atoms with Gasteiger partial charge in [-0.1, -0.05) is 12.7 Å². The quantitative estimate of drug-likeness (QED) is 0.0606. The molecule has 0 saturated carbocycles. The molecule has 1 rings (SSSR count). The maximum absolute atomic E-state index is 13.1. The minimum atomic E-state index is -0.574. The number of hydrogen-bond acceptors (Lipinski definition) is 6. The van der Waals surface area contributed by atoms with Crippen molar-refractivity contribution in [2.24, 2.45) is 16.8 Å². The van der Waals surface area contributed by atoms with Gasteiger partial charge >= 0.3 is 248 Å². The number of unbranched alkanes of at least 4 members (excludes halogenated alkanes) is 3. The van der Waals surface area contributed by atoms with Crippen LogP contribution in [0.5, 0.6) is 0 Å². The average Bonchev–Trinajstić information content (AvgIpc) is 2.89. The van der Waals surface area contributed by atoms with E-state index in [0.717, 1.165) is 53.4 Å². The Morgan fingerprint density at radius 2 is 1.95 bits per heavy atom. The van der Waals surface area contributed by atoms with Gasteiger partial charge in [0, 0.05) is 0 Å². The van der Waals surface area contributed by atoms with Crippen molar-refractivity contribution in [2.45, 2.75) is 98.6 Å². The molecule has 1 aliphatic rings. The summed E-state index contributed by atoms with van der Waals surface area (Å²) in [6.07, 6.45) is 13.0. The number of thioether (sulfide) groups is 2. The van der Waals surface area contributed by atoms with Crippen LogP contribution in [-0.2, 0) is 9.53 Å². The van der Waals surface area contributed by atoms with E-state index in [1.54, 1.807) is 29.6 Å². The van der Waals surface area contributed by atoms with Gasteiger partial charge in [-0.25, -0.2) is 0 Å². The first kappa shape index (κ1) is 36.9. The average molecular weight is 594 g/mol. The standard InChI is InChI=1S/C34H50BN2O2S2/c1-10-18-26(6)20-16-14-13-15-17-21-29(27-23-36-32(41-24-27)30(19-11-2)40-12-3)37-31(35)28(22-25(4)5)33(38)39-34(7,8)9/h10-11,18-19,24-25,28-29,37H,1-2,12-15,17,21-23H2,3-9H3/b26-18-,30-19-/t28-,29-/m0/s1. The monoisotopic (exact) mass is 593 g/mol. The number of nitrogens with one attached hydrogen (secondary N) is 1. The second-order valence-electron chi connectivity index (χ2n) is 11.5. The number of aliphatic imine (C=N–C) groups is 1. The van der Waals surface area contributed by atoms with E-state index in [1.165, 1.54) is 5.57 Å². The van der Waals surface area contributed by atoms with E-state index in [-0.39, 0.29) is 12.0 Å². The number of carbonyl (C=O) groups excluding carboxylic acids is 1. The Morgan fingerprint density at radius 1 is 1.24 bits per heavy atom. The fraction of sp³-hybridized carbons (Fsp3) is 0.559. The molecule has 1 aliphatic heterocycles. The number of ether oxygens (including phenoxy) is 1. The van der Waals surface area contributed by atoms with Crippen molar-refractivity contribution in [1.29, 1.82) is 0 Å². The maximum atomic E-state index is 13.1. The Kier molecular flexibility index (Phi) is 17.9. The molecule has 1 heterocycles. The molecule has 0 fully saturated rings. The molecule has 0 aromatic carbocycles. The molecule has 1 radical (unpaired) electrons. The molecule has 7 heteroatoms. The van der Waals surface area contributed by atoms with E-state index in [1.807, 2.05) is 45.9 Å². The van der Waals surface area contributed by atoms with Crippen molar-refractivity contribution >= 4 is 47.6 Å². The molecular formula is C34H50BN2O2S2. The van der Waals surface area contributed by atoms with Gasteiger partial charge in [-0.3, -0.25) is 0 Å². The van der Waals surface area contributed by atoms with Crippen LogP contribution in [0.4, 0.5) is 0 Å². The van der Waals surface area contributed by atoms with Gasteiger partial charge < -0.3 is 0 Å². The van der Waals surface area contributed by atoms with Crippen molar-refractivity contribution in [1.82, 2.24) is 5.32 Å². The van der Waals surface area contributed by atoms with Crippen molar-refractivity contribution in [2.75, 3.05) is 12.3 Å². The normalized spacial score (nSPS) is 15.6. The van der Waals surface area contributed by atoms with Crippen molar-refractivity contribution in [3.8, 4) is 11.8 Å². The Morgan fingerprint density at radius 3 is 2.51 bits per heavy atom. The fourth-order valence-electron chi connectivity index (χ4n) is 4.15. The van der Waals surface area contributed by atoms with Crippen LogP contribution in [0.2, 0.25) is 0 Å². The topological polar surface area (TPSA) is 50.7 Å². The predicted molar refractivity (Wildman–Crippen MR) is 186 cm³/mol. The first-order chi connectivity index (χ1) is 19.4. The van der Waals surface area contributed by atoms with Crippen LogP contribution in [-0.4, -0.2) is 48.0 Å². The molecule has 1 N–H and O–H groups in total. The zero-order chi connectivity index (χ0) is 30.8. The van der Waals surface area contributed by atoms with E-state index in [9.17, 15) is 4.79 Å². The van der Waals surface area contributed by atoms with E-state index in [2.05, 4.69) is 56.5 Å². The first-order valence-corrected chi connectivity index (χ1v) is 16.5. The predicted octanol–water partition coefficient (Wildman–Crippen LogP) is 8.19. The molecule has 0 amide bonds. The molecule has 0 spiro atoms. The molecule has 4 nitrogen and oxygen atoms in total. The van der Waals surface area contributed by atoms with Gasteiger partial charge in [0.15, 0.2) is 0 Å². The fourth-order valence-corrected chi connectivity index (χ4v) is 5.98. The van der Waals surface area contributed by atoms with Gasteiger partial charge in [0.1, 0.15) is 0 Å². The number of hydrogen-bond donors (Lipinski definition) is 1. The van der Waals surface area contributed by atoms with Gasteiger partial charge in [-0.05, 0) is 0 Å². The van der Waals surface area contributed by atoms with E-state index in [0.29, 0.717) is 24.5 Å². The number of carbonyl (C=O) groups is 1.